The van der Waals surface area contributed by atoms with Crippen molar-refractivity contribution in [3.63, 3.8) is 0 Å². The van der Waals surface area contributed by atoms with Gasteiger partial charge < -0.3 is 16.0 Å². The lowest BCUT2D eigenvalue weighted by molar-refractivity contribution is 0.593. The lowest BCUT2D eigenvalue weighted by atomic mass is 10.1. The van der Waals surface area contributed by atoms with Crippen LogP contribution in [-0.4, -0.2) is 27.5 Å². The fourth-order valence-corrected chi connectivity index (χ4v) is 3.14. The molecule has 2 heterocycles. The third-order valence-electron chi connectivity index (χ3n) is 3.76. The number of guanidine groups is 1. The van der Waals surface area contributed by atoms with Crippen LogP contribution in [-0.2, 0) is 0 Å². The lowest BCUT2D eigenvalue weighted by Crippen LogP contribution is -2.22. The summed E-state index contributed by atoms with van der Waals surface area (Å²) in [4.78, 5) is 16.2. The van der Waals surface area contributed by atoms with Gasteiger partial charge in [0.2, 0.25) is 0 Å². The van der Waals surface area contributed by atoms with Crippen LogP contribution in [0, 0.1) is 6.92 Å². The zero-order valence-electron chi connectivity index (χ0n) is 14.6. The molecule has 0 atom stereocenters. The van der Waals surface area contributed by atoms with Gasteiger partial charge in [0.05, 0.1) is 11.9 Å². The van der Waals surface area contributed by atoms with Crippen molar-refractivity contribution in [1.29, 1.82) is 0 Å². The third-order valence-corrected chi connectivity index (χ3v) is 4.52. The number of aryl methyl sites for hydroxylation is 1. The summed E-state index contributed by atoms with van der Waals surface area (Å²) in [5.74, 6) is 1.31. The summed E-state index contributed by atoms with van der Waals surface area (Å²) in [7, 11) is 0. The number of hydrogen-bond acceptors (Lipinski definition) is 4. The minimum Gasteiger partial charge on any atom is -0.370 e. The fraction of sp³-hybridized carbons (Fsp3) is 0.588. The molecule has 0 aliphatic carbocycles. The molecule has 0 aliphatic heterocycles. The van der Waals surface area contributed by atoms with Gasteiger partial charge in [0.15, 0.2) is 11.1 Å². The molecule has 0 radical (unpaired) electrons. The van der Waals surface area contributed by atoms with Gasteiger partial charge in [0, 0.05) is 11.9 Å². The second kappa shape index (κ2) is 10.1. The molecule has 2 rings (SSSR count). The van der Waals surface area contributed by atoms with E-state index in [4.69, 9.17) is 5.73 Å². The van der Waals surface area contributed by atoms with E-state index in [2.05, 4.69) is 32.2 Å². The molecule has 0 aromatic carbocycles. The van der Waals surface area contributed by atoms with Crippen LogP contribution < -0.4 is 11.1 Å². The number of aromatic nitrogens is 3. The number of H-pyrrole nitrogens is 1. The van der Waals surface area contributed by atoms with E-state index in [0.29, 0.717) is 5.96 Å². The van der Waals surface area contributed by atoms with Crippen LogP contribution in [0.3, 0.4) is 0 Å². The van der Waals surface area contributed by atoms with E-state index in [1.807, 2.05) is 12.3 Å². The van der Waals surface area contributed by atoms with Crippen LogP contribution in [0.5, 0.6) is 0 Å². The van der Waals surface area contributed by atoms with E-state index in [0.717, 1.165) is 35.3 Å². The highest BCUT2D eigenvalue weighted by Gasteiger charge is 2.07. The molecule has 24 heavy (non-hydrogen) atoms. The first-order valence-corrected chi connectivity index (χ1v) is 9.61. The standard InChI is InChI=1S/C17H28N6S/c1-3-4-5-6-7-8-9-10-19-16(18)23-17-22-15(12-24-17)14-11-20-13(2)21-14/h11-12H,3-10H2,1-2H3,(H,20,21)(H3,18,19,22,23). The minimum absolute atomic E-state index is 0.433. The molecule has 6 nitrogen and oxygen atoms in total. The van der Waals surface area contributed by atoms with E-state index in [1.165, 1.54) is 49.9 Å². The van der Waals surface area contributed by atoms with Gasteiger partial charge in [-0.2, -0.15) is 0 Å². The van der Waals surface area contributed by atoms with Gasteiger partial charge in [-0.25, -0.2) is 9.97 Å². The van der Waals surface area contributed by atoms with Crippen molar-refractivity contribution in [2.24, 2.45) is 10.7 Å². The van der Waals surface area contributed by atoms with Crippen LogP contribution in [0.4, 0.5) is 5.13 Å². The fourth-order valence-electron chi connectivity index (χ4n) is 2.42. The number of aromatic amines is 1. The summed E-state index contributed by atoms with van der Waals surface area (Å²) < 4.78 is 0. The van der Waals surface area contributed by atoms with Crippen molar-refractivity contribution in [1.82, 2.24) is 15.0 Å². The molecule has 132 valence electrons. The Labute approximate surface area is 148 Å². The summed E-state index contributed by atoms with van der Waals surface area (Å²) in [6.45, 7) is 4.93. The monoisotopic (exact) mass is 348 g/mol. The predicted octanol–water partition coefficient (Wildman–Crippen LogP) is 4.32. The SMILES string of the molecule is CCCCCCCCCN=C(N)Nc1nc(-c2cnc(C)[nH]2)cs1. The minimum atomic E-state index is 0.433. The molecule has 0 bridgehead atoms. The number of nitrogens with two attached hydrogens (primary N) is 1. The van der Waals surface area contributed by atoms with Gasteiger partial charge in [-0.1, -0.05) is 45.4 Å². The number of imidazole rings is 1. The van der Waals surface area contributed by atoms with E-state index in [-0.39, 0.29) is 0 Å². The average Bonchev–Trinajstić information content (AvgIpc) is 3.19. The highest BCUT2D eigenvalue weighted by atomic mass is 32.1. The number of thiazole rings is 1. The van der Waals surface area contributed by atoms with Crippen LogP contribution >= 0.6 is 11.3 Å². The van der Waals surface area contributed by atoms with Gasteiger partial charge in [-0.3, -0.25) is 4.99 Å². The maximum absolute atomic E-state index is 5.92. The van der Waals surface area contributed by atoms with Crippen molar-refractivity contribution in [3.05, 3.63) is 17.4 Å². The van der Waals surface area contributed by atoms with Crippen molar-refractivity contribution >= 4 is 22.4 Å². The topological polar surface area (TPSA) is 92.0 Å². The highest BCUT2D eigenvalue weighted by molar-refractivity contribution is 7.14. The van der Waals surface area contributed by atoms with Crippen LogP contribution in [0.15, 0.2) is 16.6 Å². The number of rotatable bonds is 10. The summed E-state index contributed by atoms with van der Waals surface area (Å²) in [6, 6.07) is 0. The smallest absolute Gasteiger partial charge is 0.194 e. The quantitative estimate of drug-likeness (QED) is 0.339. The van der Waals surface area contributed by atoms with Crippen molar-refractivity contribution < 1.29 is 0 Å². The van der Waals surface area contributed by atoms with Crippen molar-refractivity contribution in [3.8, 4) is 11.4 Å². The molecule has 0 fully saturated rings. The first kappa shape index (κ1) is 18.4. The Morgan fingerprint density at radius 3 is 2.71 bits per heavy atom. The summed E-state index contributed by atoms with van der Waals surface area (Å²) in [6.07, 6.45) is 10.7. The van der Waals surface area contributed by atoms with E-state index < -0.39 is 0 Å². The van der Waals surface area contributed by atoms with Gasteiger partial charge in [0.25, 0.3) is 0 Å². The van der Waals surface area contributed by atoms with Crippen LogP contribution in [0.25, 0.3) is 11.4 Å². The van der Waals surface area contributed by atoms with Crippen LogP contribution in [0.2, 0.25) is 0 Å². The normalized spacial score (nSPS) is 11.8. The van der Waals surface area contributed by atoms with E-state index in [1.54, 1.807) is 6.20 Å². The molecule has 2 aromatic rings. The van der Waals surface area contributed by atoms with Gasteiger partial charge in [0.1, 0.15) is 11.5 Å². The molecular weight excluding hydrogens is 320 g/mol. The Hall–Kier alpha value is -1.89. The second-order valence-electron chi connectivity index (χ2n) is 5.93. The zero-order chi connectivity index (χ0) is 17.2. The van der Waals surface area contributed by atoms with E-state index in [9.17, 15) is 0 Å². The first-order chi connectivity index (χ1) is 11.7. The Balaban J connectivity index is 1.68. The lowest BCUT2D eigenvalue weighted by Gasteiger charge is -2.02. The Morgan fingerprint density at radius 2 is 2.00 bits per heavy atom. The zero-order valence-corrected chi connectivity index (χ0v) is 15.5. The molecule has 0 saturated carbocycles. The summed E-state index contributed by atoms with van der Waals surface area (Å²) in [5.41, 5.74) is 7.70. The van der Waals surface area contributed by atoms with Crippen molar-refractivity contribution in [2.45, 2.75) is 58.8 Å². The van der Waals surface area contributed by atoms with Gasteiger partial charge in [-0.15, -0.1) is 11.3 Å². The Morgan fingerprint density at radius 1 is 1.25 bits per heavy atom. The van der Waals surface area contributed by atoms with Crippen LogP contribution in [0.1, 0.15) is 57.7 Å². The van der Waals surface area contributed by atoms with Gasteiger partial charge >= 0.3 is 0 Å². The molecular formula is C17H28N6S. The number of hydrogen-bond donors (Lipinski definition) is 3. The maximum Gasteiger partial charge on any atom is 0.194 e. The molecule has 2 aromatic heterocycles. The Bertz CT molecular complexity index is 631. The predicted molar refractivity (Wildman–Crippen MR) is 103 cm³/mol. The number of unbranched alkanes of at least 4 members (excludes halogenated alkanes) is 6. The first-order valence-electron chi connectivity index (χ1n) is 8.73. The largest absolute Gasteiger partial charge is 0.370 e. The molecule has 0 saturated heterocycles. The molecule has 4 N–H and O–H groups in total. The van der Waals surface area contributed by atoms with Gasteiger partial charge in [-0.05, 0) is 13.3 Å². The summed E-state index contributed by atoms with van der Waals surface area (Å²) >= 11 is 1.51. The third kappa shape index (κ3) is 6.31. The molecule has 0 spiro atoms. The average molecular weight is 349 g/mol. The number of aliphatic imine (C=N–C) groups is 1. The Kier molecular flexibility index (Phi) is 7.74. The molecule has 0 aliphatic rings. The molecule has 7 heteroatoms. The van der Waals surface area contributed by atoms with E-state index >= 15 is 0 Å². The number of anilines is 1. The molecule has 0 amide bonds. The summed E-state index contributed by atoms with van der Waals surface area (Å²) in [5, 5.41) is 5.78. The molecule has 0 unspecified atom stereocenters. The highest BCUT2D eigenvalue weighted by Crippen LogP contribution is 2.23. The van der Waals surface area contributed by atoms with Crippen molar-refractivity contribution in [2.75, 3.05) is 11.9 Å². The number of nitrogens with one attached hydrogen (secondary N) is 2. The second-order valence-corrected chi connectivity index (χ2v) is 6.79. The number of nitrogens with zero attached hydrogens (tertiary/aromatic N) is 3. The maximum atomic E-state index is 5.92.